The van der Waals surface area contributed by atoms with Gasteiger partial charge in [-0.1, -0.05) is 49.4 Å². The molecule has 3 aromatic rings. The molecule has 23 heavy (non-hydrogen) atoms. The van der Waals surface area contributed by atoms with E-state index < -0.39 is 0 Å². The van der Waals surface area contributed by atoms with Gasteiger partial charge in [0.25, 0.3) is 5.56 Å². The third-order valence-corrected chi connectivity index (χ3v) is 3.93. The molecule has 0 bridgehead atoms. The summed E-state index contributed by atoms with van der Waals surface area (Å²) in [5.74, 6) is 0. The molecule has 3 nitrogen and oxygen atoms in total. The molecule has 0 radical (unpaired) electrons. The van der Waals surface area contributed by atoms with Gasteiger partial charge in [-0.05, 0) is 41.3 Å². The Hall–Kier alpha value is -2.81. The van der Waals surface area contributed by atoms with E-state index in [9.17, 15) is 4.79 Å². The van der Waals surface area contributed by atoms with Gasteiger partial charge in [0.05, 0.1) is 0 Å². The molecule has 1 heterocycles. The number of nitrogens with one attached hydrogen (secondary N) is 2. The fourth-order valence-corrected chi connectivity index (χ4v) is 2.52. The van der Waals surface area contributed by atoms with Crippen molar-refractivity contribution in [2.24, 2.45) is 0 Å². The summed E-state index contributed by atoms with van der Waals surface area (Å²) in [7, 11) is 0. The molecule has 0 aliphatic rings. The van der Waals surface area contributed by atoms with Gasteiger partial charge in [-0.15, -0.1) is 0 Å². The van der Waals surface area contributed by atoms with Crippen molar-refractivity contribution in [3.8, 4) is 11.1 Å². The van der Waals surface area contributed by atoms with Crippen LogP contribution >= 0.6 is 0 Å². The Morgan fingerprint density at radius 1 is 0.957 bits per heavy atom. The number of anilines is 1. The zero-order chi connectivity index (χ0) is 16.1. The van der Waals surface area contributed by atoms with Gasteiger partial charge < -0.3 is 10.3 Å². The highest BCUT2D eigenvalue weighted by atomic mass is 16.1. The van der Waals surface area contributed by atoms with Crippen LogP contribution in [0.4, 0.5) is 5.69 Å². The molecule has 0 atom stereocenters. The van der Waals surface area contributed by atoms with Crippen molar-refractivity contribution >= 4 is 5.69 Å². The second-order valence-electron chi connectivity index (χ2n) is 5.51. The van der Waals surface area contributed by atoms with Crippen LogP contribution in [0, 0.1) is 0 Å². The van der Waals surface area contributed by atoms with Crippen LogP contribution in [0.5, 0.6) is 0 Å². The first-order chi connectivity index (χ1) is 11.3. The first kappa shape index (κ1) is 15.1. The summed E-state index contributed by atoms with van der Waals surface area (Å²) >= 11 is 0. The number of hydrogen-bond donors (Lipinski definition) is 2. The summed E-state index contributed by atoms with van der Waals surface area (Å²) < 4.78 is 0. The van der Waals surface area contributed by atoms with Crippen molar-refractivity contribution in [1.82, 2.24) is 4.98 Å². The summed E-state index contributed by atoms with van der Waals surface area (Å²) in [4.78, 5) is 14.9. The van der Waals surface area contributed by atoms with E-state index in [1.165, 1.54) is 5.56 Å². The van der Waals surface area contributed by atoms with Gasteiger partial charge in [-0.25, -0.2) is 0 Å². The molecule has 0 spiro atoms. The molecule has 116 valence electrons. The van der Waals surface area contributed by atoms with Crippen LogP contribution in [0.3, 0.4) is 0 Å². The lowest BCUT2D eigenvalue weighted by Crippen LogP contribution is -2.15. The molecule has 0 saturated heterocycles. The second-order valence-corrected chi connectivity index (χ2v) is 5.51. The molecular formula is C20H20N2O. The number of benzene rings is 2. The van der Waals surface area contributed by atoms with E-state index in [4.69, 9.17) is 0 Å². The van der Waals surface area contributed by atoms with Gasteiger partial charge in [-0.2, -0.15) is 0 Å². The van der Waals surface area contributed by atoms with E-state index in [0.717, 1.165) is 28.8 Å². The van der Waals surface area contributed by atoms with Crippen molar-refractivity contribution < 1.29 is 0 Å². The van der Waals surface area contributed by atoms with E-state index in [1.54, 1.807) is 6.20 Å². The molecule has 0 aliphatic carbocycles. The molecule has 0 unspecified atom stereocenters. The minimum atomic E-state index is -0.0534. The van der Waals surface area contributed by atoms with Gasteiger partial charge in [-0.3, -0.25) is 4.79 Å². The van der Waals surface area contributed by atoms with Crippen LogP contribution in [0.15, 0.2) is 71.7 Å². The van der Waals surface area contributed by atoms with Gasteiger partial charge in [0.15, 0.2) is 0 Å². The van der Waals surface area contributed by atoms with E-state index in [1.807, 2.05) is 48.5 Å². The first-order valence-electron chi connectivity index (χ1n) is 7.86. The van der Waals surface area contributed by atoms with Gasteiger partial charge in [0.2, 0.25) is 0 Å². The van der Waals surface area contributed by atoms with Crippen LogP contribution < -0.4 is 10.9 Å². The molecule has 0 aliphatic heterocycles. The Balaban J connectivity index is 1.78. The Labute approximate surface area is 136 Å². The largest absolute Gasteiger partial charge is 0.381 e. The van der Waals surface area contributed by atoms with Crippen LogP contribution in [0.2, 0.25) is 0 Å². The second kappa shape index (κ2) is 6.97. The lowest BCUT2D eigenvalue weighted by Gasteiger charge is -2.08. The summed E-state index contributed by atoms with van der Waals surface area (Å²) in [5.41, 5.74) is 5.11. The lowest BCUT2D eigenvalue weighted by molar-refractivity contribution is 1.07. The van der Waals surface area contributed by atoms with Crippen LogP contribution in [-0.4, -0.2) is 4.98 Å². The molecule has 3 heteroatoms. The average Bonchev–Trinajstić information content (AvgIpc) is 2.62. The minimum Gasteiger partial charge on any atom is -0.381 e. The minimum absolute atomic E-state index is 0.0534. The van der Waals surface area contributed by atoms with E-state index in [2.05, 4.69) is 29.4 Å². The predicted molar refractivity (Wildman–Crippen MR) is 95.6 cm³/mol. The smallest absolute Gasteiger partial charge is 0.252 e. The van der Waals surface area contributed by atoms with Crippen molar-refractivity contribution in [2.75, 3.05) is 5.32 Å². The normalized spacial score (nSPS) is 10.5. The SMILES string of the molecule is CCc1ccc(NCc2cc(-c3ccccc3)c[nH]c2=O)cc1. The number of rotatable bonds is 5. The number of hydrogen-bond acceptors (Lipinski definition) is 2. The third kappa shape index (κ3) is 3.69. The monoisotopic (exact) mass is 304 g/mol. The summed E-state index contributed by atoms with van der Waals surface area (Å²) in [5, 5.41) is 3.31. The molecular weight excluding hydrogens is 284 g/mol. The fraction of sp³-hybridized carbons (Fsp3) is 0.150. The standard InChI is InChI=1S/C20H20N2O/c1-2-15-8-10-19(11-9-15)21-14-18-12-17(13-22-20(18)23)16-6-4-3-5-7-16/h3-13,21H,2,14H2,1H3,(H,22,23). The van der Waals surface area contributed by atoms with E-state index in [0.29, 0.717) is 6.54 Å². The highest BCUT2D eigenvalue weighted by Gasteiger charge is 2.04. The number of aromatic nitrogens is 1. The number of H-pyrrole nitrogens is 1. The van der Waals surface area contributed by atoms with Crippen molar-refractivity contribution in [1.29, 1.82) is 0 Å². The third-order valence-electron chi connectivity index (χ3n) is 3.93. The molecule has 2 N–H and O–H groups in total. The highest BCUT2D eigenvalue weighted by Crippen LogP contribution is 2.18. The average molecular weight is 304 g/mol. The Morgan fingerprint density at radius 3 is 2.39 bits per heavy atom. The molecule has 1 aromatic heterocycles. The maximum Gasteiger partial charge on any atom is 0.252 e. The van der Waals surface area contributed by atoms with Gasteiger partial charge in [0.1, 0.15) is 0 Å². The zero-order valence-corrected chi connectivity index (χ0v) is 13.2. The molecule has 3 rings (SSSR count). The quantitative estimate of drug-likeness (QED) is 0.741. The number of pyridine rings is 1. The molecule has 2 aromatic carbocycles. The van der Waals surface area contributed by atoms with Gasteiger partial charge in [0, 0.05) is 24.0 Å². The van der Waals surface area contributed by atoms with E-state index >= 15 is 0 Å². The Bertz CT molecular complexity index is 820. The van der Waals surface area contributed by atoms with Crippen molar-refractivity contribution in [2.45, 2.75) is 19.9 Å². The maximum absolute atomic E-state index is 12.0. The van der Waals surface area contributed by atoms with Crippen molar-refractivity contribution in [3.05, 3.63) is 88.3 Å². The van der Waals surface area contributed by atoms with Crippen LogP contribution in [0.1, 0.15) is 18.1 Å². The molecule has 0 amide bonds. The zero-order valence-electron chi connectivity index (χ0n) is 13.2. The topological polar surface area (TPSA) is 44.9 Å². The predicted octanol–water partition coefficient (Wildman–Crippen LogP) is 4.22. The van der Waals surface area contributed by atoms with Crippen LogP contribution in [0.25, 0.3) is 11.1 Å². The number of aryl methyl sites for hydroxylation is 1. The van der Waals surface area contributed by atoms with Crippen molar-refractivity contribution in [3.63, 3.8) is 0 Å². The molecule has 0 fully saturated rings. The Morgan fingerprint density at radius 2 is 1.70 bits per heavy atom. The first-order valence-corrected chi connectivity index (χ1v) is 7.86. The fourth-order valence-electron chi connectivity index (χ4n) is 2.52. The summed E-state index contributed by atoms with van der Waals surface area (Å²) in [6.07, 6.45) is 2.79. The number of aromatic amines is 1. The van der Waals surface area contributed by atoms with Crippen LogP contribution in [-0.2, 0) is 13.0 Å². The maximum atomic E-state index is 12.0. The summed E-state index contributed by atoms with van der Waals surface area (Å²) in [6, 6.07) is 20.3. The lowest BCUT2D eigenvalue weighted by atomic mass is 10.1. The van der Waals surface area contributed by atoms with Gasteiger partial charge >= 0.3 is 0 Å². The Kier molecular flexibility index (Phi) is 4.57. The highest BCUT2D eigenvalue weighted by molar-refractivity contribution is 5.63. The summed E-state index contributed by atoms with van der Waals surface area (Å²) in [6.45, 7) is 2.64. The molecule has 0 saturated carbocycles. The van der Waals surface area contributed by atoms with E-state index in [-0.39, 0.29) is 5.56 Å².